The number of nitrogens with zero attached hydrogens (tertiary/aromatic N) is 3. The number of esters is 1. The third kappa shape index (κ3) is 4.21. The first kappa shape index (κ1) is 18.8. The molecule has 1 amide bonds. The molecule has 0 saturated carbocycles. The monoisotopic (exact) mass is 380 g/mol. The Morgan fingerprint density at radius 1 is 1.18 bits per heavy atom. The molecule has 1 heterocycles. The Kier molecular flexibility index (Phi) is 5.45. The third-order valence-corrected chi connectivity index (χ3v) is 3.92. The molecule has 9 nitrogen and oxygen atoms in total. The lowest BCUT2D eigenvalue weighted by molar-refractivity contribution is -0.384. The summed E-state index contributed by atoms with van der Waals surface area (Å²) in [6.45, 7) is 1.07. The van der Waals surface area contributed by atoms with Crippen molar-refractivity contribution in [2.45, 2.75) is 6.92 Å². The maximum Gasteiger partial charge on any atom is 0.338 e. The molecule has 3 rings (SSSR count). The first-order valence-electron chi connectivity index (χ1n) is 8.27. The molecule has 0 aliphatic heterocycles. The summed E-state index contributed by atoms with van der Waals surface area (Å²) in [5.74, 6) is -1.35. The SMILES string of the molecule is Cc1cccc([N+](=O)[O-])c1NC(=O)COC(=O)c1ccc(-n2cccn2)cc1. The lowest BCUT2D eigenvalue weighted by Gasteiger charge is -2.09. The molecule has 2 aromatic carbocycles. The number of carbonyl (C=O) groups is 2. The number of para-hydroxylation sites is 1. The van der Waals surface area contributed by atoms with Crippen LogP contribution in [-0.2, 0) is 9.53 Å². The van der Waals surface area contributed by atoms with Gasteiger partial charge < -0.3 is 10.1 Å². The number of hydrogen-bond donors (Lipinski definition) is 1. The van der Waals surface area contributed by atoms with E-state index in [0.29, 0.717) is 5.56 Å². The van der Waals surface area contributed by atoms with E-state index in [-0.39, 0.29) is 16.9 Å². The maximum absolute atomic E-state index is 12.1. The predicted molar refractivity (Wildman–Crippen MR) is 100 cm³/mol. The van der Waals surface area contributed by atoms with Crippen LogP contribution < -0.4 is 5.32 Å². The number of nitro groups is 1. The molecule has 0 radical (unpaired) electrons. The molecule has 0 fully saturated rings. The zero-order valence-electron chi connectivity index (χ0n) is 14.9. The van der Waals surface area contributed by atoms with Gasteiger partial charge in [-0.25, -0.2) is 9.48 Å². The number of nitro benzene ring substituents is 1. The number of rotatable bonds is 6. The summed E-state index contributed by atoms with van der Waals surface area (Å²) in [6, 6.07) is 12.7. The van der Waals surface area contributed by atoms with Gasteiger partial charge in [-0.2, -0.15) is 5.10 Å². The van der Waals surface area contributed by atoms with E-state index in [1.807, 2.05) is 0 Å². The zero-order chi connectivity index (χ0) is 20.1. The highest BCUT2D eigenvalue weighted by molar-refractivity contribution is 5.97. The van der Waals surface area contributed by atoms with Gasteiger partial charge in [0.2, 0.25) is 0 Å². The van der Waals surface area contributed by atoms with Crippen LogP contribution in [0, 0.1) is 17.0 Å². The number of amides is 1. The van der Waals surface area contributed by atoms with Crippen molar-refractivity contribution in [2.75, 3.05) is 11.9 Å². The number of benzene rings is 2. The minimum absolute atomic E-state index is 0.0807. The molecule has 1 aromatic heterocycles. The summed E-state index contributed by atoms with van der Waals surface area (Å²) >= 11 is 0. The standard InChI is InChI=1S/C19H16N4O5/c1-13-4-2-5-16(23(26)27)18(13)21-17(24)12-28-19(25)14-6-8-15(9-7-14)22-11-3-10-20-22/h2-11H,12H2,1H3,(H,21,24). The summed E-state index contributed by atoms with van der Waals surface area (Å²) in [5, 5.41) is 17.6. The number of carbonyl (C=O) groups excluding carboxylic acids is 2. The molecule has 0 atom stereocenters. The van der Waals surface area contributed by atoms with Gasteiger partial charge in [0.1, 0.15) is 5.69 Å². The normalized spacial score (nSPS) is 10.3. The summed E-state index contributed by atoms with van der Waals surface area (Å²) in [6.07, 6.45) is 3.40. The molecule has 0 saturated heterocycles. The summed E-state index contributed by atoms with van der Waals surface area (Å²) in [4.78, 5) is 34.7. The van der Waals surface area contributed by atoms with Crippen LogP contribution >= 0.6 is 0 Å². The van der Waals surface area contributed by atoms with Crippen LogP contribution in [0.1, 0.15) is 15.9 Å². The molecular formula is C19H16N4O5. The second-order valence-corrected chi connectivity index (χ2v) is 5.85. The molecule has 3 aromatic rings. The van der Waals surface area contributed by atoms with Crippen molar-refractivity contribution >= 4 is 23.3 Å². The molecule has 28 heavy (non-hydrogen) atoms. The minimum atomic E-state index is -0.679. The van der Waals surface area contributed by atoms with Gasteiger partial charge in [0.05, 0.1) is 16.2 Å². The van der Waals surface area contributed by atoms with Gasteiger partial charge in [0.25, 0.3) is 11.6 Å². The predicted octanol–water partition coefficient (Wildman–Crippen LogP) is 2.88. The molecule has 0 bridgehead atoms. The van der Waals surface area contributed by atoms with Crippen LogP contribution in [0.15, 0.2) is 60.9 Å². The Labute approximate surface area is 159 Å². The van der Waals surface area contributed by atoms with Crippen LogP contribution in [0.3, 0.4) is 0 Å². The summed E-state index contributed by atoms with van der Waals surface area (Å²) < 4.78 is 6.63. The van der Waals surface area contributed by atoms with E-state index >= 15 is 0 Å². The van der Waals surface area contributed by atoms with E-state index in [1.54, 1.807) is 60.4 Å². The van der Waals surface area contributed by atoms with Gasteiger partial charge in [0, 0.05) is 18.5 Å². The van der Waals surface area contributed by atoms with E-state index in [0.717, 1.165) is 5.69 Å². The highest BCUT2D eigenvalue weighted by Crippen LogP contribution is 2.27. The Balaban J connectivity index is 1.61. The fraction of sp³-hybridized carbons (Fsp3) is 0.105. The number of aromatic nitrogens is 2. The zero-order valence-corrected chi connectivity index (χ0v) is 14.9. The molecule has 1 N–H and O–H groups in total. The van der Waals surface area contributed by atoms with Gasteiger partial charge in [-0.3, -0.25) is 14.9 Å². The molecule has 9 heteroatoms. The average Bonchev–Trinajstić information content (AvgIpc) is 3.22. The Hall–Kier alpha value is -4.01. The number of nitrogens with one attached hydrogen (secondary N) is 1. The van der Waals surface area contributed by atoms with E-state index in [4.69, 9.17) is 4.74 Å². The van der Waals surface area contributed by atoms with Crippen molar-refractivity contribution in [3.8, 4) is 5.69 Å². The van der Waals surface area contributed by atoms with Gasteiger partial charge >= 0.3 is 5.97 Å². The van der Waals surface area contributed by atoms with Crippen molar-refractivity contribution < 1.29 is 19.2 Å². The first-order chi connectivity index (χ1) is 13.5. The highest BCUT2D eigenvalue weighted by Gasteiger charge is 2.18. The number of hydrogen-bond acceptors (Lipinski definition) is 6. The lowest BCUT2D eigenvalue weighted by atomic mass is 10.1. The lowest BCUT2D eigenvalue weighted by Crippen LogP contribution is -2.22. The van der Waals surface area contributed by atoms with Gasteiger partial charge in [0.15, 0.2) is 6.61 Å². The van der Waals surface area contributed by atoms with E-state index in [2.05, 4.69) is 10.4 Å². The van der Waals surface area contributed by atoms with Crippen LogP contribution in [0.5, 0.6) is 0 Å². The van der Waals surface area contributed by atoms with Crippen molar-refractivity contribution in [1.82, 2.24) is 9.78 Å². The van der Waals surface area contributed by atoms with Crippen LogP contribution in [0.2, 0.25) is 0 Å². The van der Waals surface area contributed by atoms with E-state index in [1.165, 1.54) is 12.1 Å². The number of anilines is 1. The minimum Gasteiger partial charge on any atom is -0.452 e. The van der Waals surface area contributed by atoms with Crippen molar-refractivity contribution in [1.29, 1.82) is 0 Å². The molecular weight excluding hydrogens is 364 g/mol. The Morgan fingerprint density at radius 2 is 1.93 bits per heavy atom. The fourth-order valence-corrected chi connectivity index (χ4v) is 2.53. The number of aryl methyl sites for hydroxylation is 1. The van der Waals surface area contributed by atoms with E-state index < -0.39 is 23.4 Å². The molecule has 0 spiro atoms. The topological polar surface area (TPSA) is 116 Å². The maximum atomic E-state index is 12.1. The number of ether oxygens (including phenoxy) is 1. The smallest absolute Gasteiger partial charge is 0.338 e. The molecule has 0 aliphatic rings. The fourth-order valence-electron chi connectivity index (χ4n) is 2.53. The van der Waals surface area contributed by atoms with Gasteiger partial charge in [-0.05, 0) is 42.8 Å². The van der Waals surface area contributed by atoms with Crippen molar-refractivity contribution in [3.05, 3.63) is 82.2 Å². The largest absolute Gasteiger partial charge is 0.452 e. The van der Waals surface area contributed by atoms with Crippen LogP contribution in [0.4, 0.5) is 11.4 Å². The molecule has 0 unspecified atom stereocenters. The van der Waals surface area contributed by atoms with Gasteiger partial charge in [-0.1, -0.05) is 12.1 Å². The summed E-state index contributed by atoms with van der Waals surface area (Å²) in [7, 11) is 0. The highest BCUT2D eigenvalue weighted by atomic mass is 16.6. The molecule has 142 valence electrons. The third-order valence-electron chi connectivity index (χ3n) is 3.92. The summed E-state index contributed by atoms with van der Waals surface area (Å²) in [5.41, 5.74) is 1.42. The van der Waals surface area contributed by atoms with Crippen molar-refractivity contribution in [3.63, 3.8) is 0 Å². The van der Waals surface area contributed by atoms with Crippen LogP contribution in [0.25, 0.3) is 5.69 Å². The van der Waals surface area contributed by atoms with Crippen molar-refractivity contribution in [2.24, 2.45) is 0 Å². The van der Waals surface area contributed by atoms with E-state index in [9.17, 15) is 19.7 Å². The Morgan fingerprint density at radius 3 is 2.57 bits per heavy atom. The average molecular weight is 380 g/mol. The van der Waals surface area contributed by atoms with Gasteiger partial charge in [-0.15, -0.1) is 0 Å². The Bertz CT molecular complexity index is 1010. The second kappa shape index (κ2) is 8.12. The quantitative estimate of drug-likeness (QED) is 0.399. The molecule has 0 aliphatic carbocycles. The first-order valence-corrected chi connectivity index (χ1v) is 8.27. The second-order valence-electron chi connectivity index (χ2n) is 5.85. The van der Waals surface area contributed by atoms with Crippen LogP contribution in [-0.4, -0.2) is 33.2 Å².